The van der Waals surface area contributed by atoms with E-state index in [2.05, 4.69) is 69.4 Å². The molecule has 0 saturated heterocycles. The summed E-state index contributed by atoms with van der Waals surface area (Å²) in [5.74, 6) is -0.878. The molecule has 0 spiro atoms. The molecule has 6 heteroatoms. The average molecular weight is 926 g/mol. The van der Waals surface area contributed by atoms with Gasteiger partial charge in [0.2, 0.25) is 0 Å². The summed E-state index contributed by atoms with van der Waals surface area (Å²) in [6, 6.07) is 0. The van der Waals surface area contributed by atoms with Gasteiger partial charge in [0.25, 0.3) is 0 Å². The van der Waals surface area contributed by atoms with Crippen molar-refractivity contribution in [1.29, 1.82) is 0 Å². The number of allylic oxidation sites excluding steroid dienone is 8. The van der Waals surface area contributed by atoms with Gasteiger partial charge in [-0.3, -0.25) is 14.4 Å². The van der Waals surface area contributed by atoms with Gasteiger partial charge in [-0.2, -0.15) is 0 Å². The summed E-state index contributed by atoms with van der Waals surface area (Å²) in [6.45, 7) is 6.60. The Labute approximate surface area is 409 Å². The molecule has 0 N–H and O–H groups in total. The molecule has 0 bridgehead atoms. The topological polar surface area (TPSA) is 78.9 Å². The van der Waals surface area contributed by atoms with Crippen molar-refractivity contribution < 1.29 is 28.6 Å². The number of ether oxygens (including phenoxy) is 3. The van der Waals surface area contributed by atoms with E-state index >= 15 is 0 Å². The predicted molar refractivity (Wildman–Crippen MR) is 284 cm³/mol. The van der Waals surface area contributed by atoms with E-state index in [1.165, 1.54) is 180 Å². The monoisotopic (exact) mass is 925 g/mol. The van der Waals surface area contributed by atoms with Gasteiger partial charge in [-0.15, -0.1) is 0 Å². The molecule has 0 radical (unpaired) electrons. The van der Waals surface area contributed by atoms with E-state index in [1.54, 1.807) is 0 Å². The Morgan fingerprint density at radius 3 is 0.909 bits per heavy atom. The number of carbonyl (C=O) groups excluding carboxylic acids is 3. The molecule has 0 rings (SSSR count). The average Bonchev–Trinajstić information content (AvgIpc) is 3.31. The number of hydrogen-bond acceptors (Lipinski definition) is 6. The molecule has 0 heterocycles. The molecule has 1 unspecified atom stereocenters. The van der Waals surface area contributed by atoms with E-state index in [0.717, 1.165) is 77.0 Å². The smallest absolute Gasteiger partial charge is 0.306 e. The fourth-order valence-corrected chi connectivity index (χ4v) is 8.20. The maximum absolute atomic E-state index is 12.8. The summed E-state index contributed by atoms with van der Waals surface area (Å²) in [7, 11) is 0. The molecule has 0 saturated carbocycles. The molecule has 0 fully saturated rings. The van der Waals surface area contributed by atoms with Gasteiger partial charge in [-0.25, -0.2) is 0 Å². The minimum Gasteiger partial charge on any atom is -0.462 e. The third kappa shape index (κ3) is 52.3. The Hall–Kier alpha value is -2.63. The van der Waals surface area contributed by atoms with Crippen LogP contribution in [0.25, 0.3) is 0 Å². The highest BCUT2D eigenvalue weighted by molar-refractivity contribution is 5.71. The van der Waals surface area contributed by atoms with Crippen LogP contribution in [0.4, 0.5) is 0 Å². The largest absolute Gasteiger partial charge is 0.462 e. The zero-order chi connectivity index (χ0) is 47.9. The van der Waals surface area contributed by atoms with Crippen molar-refractivity contribution in [2.75, 3.05) is 13.2 Å². The van der Waals surface area contributed by atoms with Crippen molar-refractivity contribution in [2.24, 2.45) is 0 Å². The number of carbonyl (C=O) groups is 3. The summed E-state index contributed by atoms with van der Waals surface area (Å²) in [6.07, 6.45) is 66.8. The molecule has 1 atom stereocenters. The highest BCUT2D eigenvalue weighted by Crippen LogP contribution is 2.16. The Balaban J connectivity index is 4.21. The van der Waals surface area contributed by atoms with Crippen LogP contribution >= 0.6 is 0 Å². The maximum Gasteiger partial charge on any atom is 0.306 e. The van der Waals surface area contributed by atoms with Gasteiger partial charge >= 0.3 is 17.9 Å². The lowest BCUT2D eigenvalue weighted by molar-refractivity contribution is -0.167. The van der Waals surface area contributed by atoms with E-state index in [1.807, 2.05) is 0 Å². The van der Waals surface area contributed by atoms with Crippen molar-refractivity contribution >= 4 is 17.9 Å². The van der Waals surface area contributed by atoms with Gasteiger partial charge in [0.15, 0.2) is 6.10 Å². The SMILES string of the molecule is CCCC/C=C\CCCCCCCC(=O)OCC(COC(=O)CCCCCCCCCCCC/C=C\C/C=C\C/C=C\CCCCCCC)OC(=O)CCCCCCCCCCCCCC. The third-order valence-electron chi connectivity index (χ3n) is 12.6. The second-order valence-corrected chi connectivity index (χ2v) is 19.2. The van der Waals surface area contributed by atoms with Crippen LogP contribution in [0.2, 0.25) is 0 Å². The van der Waals surface area contributed by atoms with E-state index in [4.69, 9.17) is 14.2 Å². The number of esters is 3. The normalized spacial score (nSPS) is 12.3. The highest BCUT2D eigenvalue weighted by Gasteiger charge is 2.19. The fourth-order valence-electron chi connectivity index (χ4n) is 8.20. The van der Waals surface area contributed by atoms with Gasteiger partial charge in [-0.1, -0.05) is 249 Å². The van der Waals surface area contributed by atoms with Crippen molar-refractivity contribution in [2.45, 2.75) is 303 Å². The summed E-state index contributed by atoms with van der Waals surface area (Å²) in [5, 5.41) is 0. The van der Waals surface area contributed by atoms with Crippen LogP contribution in [0, 0.1) is 0 Å². The first-order valence-corrected chi connectivity index (χ1v) is 28.6. The number of hydrogen-bond donors (Lipinski definition) is 0. The minimum atomic E-state index is -0.774. The predicted octanol–water partition coefficient (Wildman–Crippen LogP) is 19.0. The standard InChI is InChI=1S/C60H108O6/c1-4-7-10-13-16-19-22-24-25-26-27-28-29-30-31-32-33-34-35-36-39-41-44-47-50-53-59(62)65-56-57(55-64-58(61)52-49-46-43-40-37-21-18-15-12-9-6-3)66-60(63)54-51-48-45-42-38-23-20-17-14-11-8-5-2/h15,18,22,24,26-27,29-30,57H,4-14,16-17,19-21,23,25,28,31-56H2,1-3H3/b18-15-,24-22-,27-26-,30-29-. The molecule has 0 aromatic heterocycles. The lowest BCUT2D eigenvalue weighted by Gasteiger charge is -2.18. The first-order chi connectivity index (χ1) is 32.5. The molecule has 0 aromatic rings. The molecule has 0 amide bonds. The van der Waals surface area contributed by atoms with Gasteiger partial charge in [0.1, 0.15) is 13.2 Å². The minimum absolute atomic E-state index is 0.0751. The lowest BCUT2D eigenvalue weighted by Crippen LogP contribution is -2.30. The van der Waals surface area contributed by atoms with Crippen LogP contribution in [0.5, 0.6) is 0 Å². The molecule has 66 heavy (non-hydrogen) atoms. The Kier molecular flexibility index (Phi) is 52.8. The second-order valence-electron chi connectivity index (χ2n) is 19.2. The van der Waals surface area contributed by atoms with Gasteiger partial charge in [0.05, 0.1) is 0 Å². The van der Waals surface area contributed by atoms with Gasteiger partial charge in [0, 0.05) is 19.3 Å². The number of rotatable bonds is 52. The molecule has 384 valence electrons. The molecule has 0 aliphatic carbocycles. The maximum atomic E-state index is 12.8. The van der Waals surface area contributed by atoms with E-state index in [9.17, 15) is 14.4 Å². The van der Waals surface area contributed by atoms with Crippen molar-refractivity contribution in [3.8, 4) is 0 Å². The van der Waals surface area contributed by atoms with Crippen molar-refractivity contribution in [1.82, 2.24) is 0 Å². The van der Waals surface area contributed by atoms with Crippen LogP contribution in [0.15, 0.2) is 48.6 Å². The van der Waals surface area contributed by atoms with Gasteiger partial charge in [-0.05, 0) is 77.0 Å². The Morgan fingerprint density at radius 2 is 0.561 bits per heavy atom. The van der Waals surface area contributed by atoms with Crippen LogP contribution in [-0.2, 0) is 28.6 Å². The van der Waals surface area contributed by atoms with E-state index < -0.39 is 6.10 Å². The zero-order valence-corrected chi connectivity index (χ0v) is 44.0. The third-order valence-corrected chi connectivity index (χ3v) is 12.6. The molecule has 0 aliphatic rings. The summed E-state index contributed by atoms with van der Waals surface area (Å²) in [5.41, 5.74) is 0. The van der Waals surface area contributed by atoms with Gasteiger partial charge < -0.3 is 14.2 Å². The first-order valence-electron chi connectivity index (χ1n) is 28.6. The highest BCUT2D eigenvalue weighted by atomic mass is 16.6. The Bertz CT molecular complexity index is 1150. The van der Waals surface area contributed by atoms with Crippen molar-refractivity contribution in [3.63, 3.8) is 0 Å². The molecular weight excluding hydrogens is 817 g/mol. The molecule has 0 aliphatic heterocycles. The van der Waals surface area contributed by atoms with Crippen LogP contribution < -0.4 is 0 Å². The lowest BCUT2D eigenvalue weighted by atomic mass is 10.0. The second kappa shape index (κ2) is 55.0. The zero-order valence-electron chi connectivity index (χ0n) is 44.0. The summed E-state index contributed by atoms with van der Waals surface area (Å²) >= 11 is 0. The number of unbranched alkanes of at least 4 members (excludes halogenated alkanes) is 33. The molecular formula is C60H108O6. The fraction of sp³-hybridized carbons (Fsp3) is 0.817. The molecule has 6 nitrogen and oxygen atoms in total. The quantitative estimate of drug-likeness (QED) is 0.0262. The van der Waals surface area contributed by atoms with Crippen LogP contribution in [0.3, 0.4) is 0 Å². The first kappa shape index (κ1) is 63.4. The van der Waals surface area contributed by atoms with Crippen LogP contribution in [-0.4, -0.2) is 37.2 Å². The summed E-state index contributed by atoms with van der Waals surface area (Å²) in [4.78, 5) is 38.0. The molecule has 0 aromatic carbocycles. The van der Waals surface area contributed by atoms with Crippen LogP contribution in [0.1, 0.15) is 297 Å². The Morgan fingerprint density at radius 1 is 0.303 bits per heavy atom. The van der Waals surface area contributed by atoms with Crippen molar-refractivity contribution in [3.05, 3.63) is 48.6 Å². The van der Waals surface area contributed by atoms with E-state index in [0.29, 0.717) is 19.3 Å². The summed E-state index contributed by atoms with van der Waals surface area (Å²) < 4.78 is 16.8. The van der Waals surface area contributed by atoms with E-state index in [-0.39, 0.29) is 31.1 Å².